The highest BCUT2D eigenvalue weighted by atomic mass is 79.9. The molecule has 2 N–H and O–H groups in total. The lowest BCUT2D eigenvalue weighted by molar-refractivity contribution is -0.127. The molecule has 2 atom stereocenters. The molecule has 1 fully saturated rings. The van der Waals surface area contributed by atoms with Gasteiger partial charge in [0, 0.05) is 68.6 Å². The van der Waals surface area contributed by atoms with E-state index in [9.17, 15) is 9.59 Å². The Morgan fingerprint density at radius 3 is 2.56 bits per heavy atom. The van der Waals surface area contributed by atoms with Gasteiger partial charge in [0.05, 0.1) is 17.4 Å². The van der Waals surface area contributed by atoms with Crippen molar-refractivity contribution in [1.29, 1.82) is 0 Å². The van der Waals surface area contributed by atoms with Crippen molar-refractivity contribution in [3.63, 3.8) is 0 Å². The Labute approximate surface area is 269 Å². The van der Waals surface area contributed by atoms with Crippen LogP contribution in [0, 0.1) is 13.8 Å². The van der Waals surface area contributed by atoms with Crippen LogP contribution in [0.4, 0.5) is 4.79 Å². The van der Waals surface area contributed by atoms with E-state index in [0.717, 1.165) is 40.1 Å². The second-order valence-electron chi connectivity index (χ2n) is 12.2. The third-order valence-electron chi connectivity index (χ3n) is 7.86. The maximum atomic E-state index is 13.8. The van der Waals surface area contributed by atoms with Crippen molar-refractivity contribution >= 4 is 47.9 Å². The highest BCUT2D eigenvalue weighted by Gasteiger charge is 2.41. The van der Waals surface area contributed by atoms with Gasteiger partial charge in [0.1, 0.15) is 11.9 Å². The Balaban J connectivity index is 0.00000423. The topological polar surface area (TPSA) is 95.4 Å². The number of halogens is 2. The first-order chi connectivity index (χ1) is 19.9. The molecule has 227 valence electrons. The van der Waals surface area contributed by atoms with E-state index in [1.165, 1.54) is 11.1 Å². The monoisotopic (exact) mass is 666 g/mol. The first-order valence-electron chi connectivity index (χ1n) is 14.4. The fraction of sp³-hybridized carbons (Fsp3) is 0.484. The maximum absolute atomic E-state index is 13.8. The number of aryl methyl sites for hydroxylation is 4. The third kappa shape index (κ3) is 7.62. The number of urea groups is 1. The van der Waals surface area contributed by atoms with Gasteiger partial charge in [-0.3, -0.25) is 14.7 Å². The van der Waals surface area contributed by atoms with Gasteiger partial charge in [0.15, 0.2) is 0 Å². The second kappa shape index (κ2) is 13.4. The maximum Gasteiger partial charge on any atom is 0.318 e. The Bertz CT molecular complexity index is 1440. The van der Waals surface area contributed by atoms with Crippen LogP contribution in [0.3, 0.4) is 0 Å². The molecule has 12 heteroatoms. The van der Waals surface area contributed by atoms with Crippen molar-refractivity contribution in [3.05, 3.63) is 80.1 Å². The average Bonchev–Trinajstić information content (AvgIpc) is 3.15. The molecule has 1 aliphatic heterocycles. The van der Waals surface area contributed by atoms with Crippen LogP contribution in [0.15, 0.2) is 41.1 Å². The van der Waals surface area contributed by atoms with Crippen LogP contribution in [0.5, 0.6) is 0 Å². The predicted octanol–water partition coefficient (Wildman–Crippen LogP) is 4.43. The molecular formula is C31H39BBrClN7O2. The summed E-state index contributed by atoms with van der Waals surface area (Å²) in [6, 6.07) is 7.12. The second-order valence-corrected chi connectivity index (χ2v) is 13.6. The van der Waals surface area contributed by atoms with Crippen LogP contribution in [0.2, 0.25) is 5.02 Å². The molecule has 43 heavy (non-hydrogen) atoms. The predicted molar refractivity (Wildman–Crippen MR) is 173 cm³/mol. The number of nitrogens with zero attached hydrogens (tertiary/aromatic N) is 5. The zero-order valence-electron chi connectivity index (χ0n) is 25.5. The minimum atomic E-state index is -0.676. The number of aromatic nitrogens is 3. The number of carbonyl (C=O) groups is 2. The molecule has 1 unspecified atom stereocenters. The molecule has 0 saturated carbocycles. The summed E-state index contributed by atoms with van der Waals surface area (Å²) in [6.07, 6.45) is 5.51. The number of amides is 3. The number of rotatable bonds is 5. The van der Waals surface area contributed by atoms with Crippen molar-refractivity contribution in [1.82, 2.24) is 35.0 Å². The normalized spacial score (nSPS) is 18.6. The van der Waals surface area contributed by atoms with Crippen LogP contribution >= 0.6 is 27.5 Å². The molecule has 2 aromatic heterocycles. The highest BCUT2D eigenvalue weighted by Crippen LogP contribution is 2.38. The third-order valence-corrected chi connectivity index (χ3v) is 8.53. The zero-order chi connectivity index (χ0) is 30.2. The van der Waals surface area contributed by atoms with Crippen molar-refractivity contribution in [3.8, 4) is 0 Å². The molecule has 2 aliphatic rings. The lowest BCUT2D eigenvalue weighted by atomic mass is 9.95. The SMILES string of the molecule is Cc1cn(CCNC(=O)[C@H]2CN(C3c4ccc(Cl)cc4CCc4cc(Br)cnc43)CCN2C(=O)NC(C)(C)C)c(C)n1.[B]. The molecule has 9 nitrogen and oxygen atoms in total. The molecule has 3 heterocycles. The highest BCUT2D eigenvalue weighted by molar-refractivity contribution is 9.10. The Morgan fingerprint density at radius 2 is 1.86 bits per heavy atom. The number of fused-ring (bicyclic) bond motifs is 2. The van der Waals surface area contributed by atoms with E-state index in [4.69, 9.17) is 16.6 Å². The molecule has 1 aromatic carbocycles. The number of carbonyl (C=O) groups excluding carboxylic acids is 2. The van der Waals surface area contributed by atoms with Crippen molar-refractivity contribution in [2.45, 2.75) is 71.6 Å². The van der Waals surface area contributed by atoms with E-state index < -0.39 is 11.6 Å². The summed E-state index contributed by atoms with van der Waals surface area (Å²) in [7, 11) is 0. The van der Waals surface area contributed by atoms with E-state index in [1.807, 2.05) is 63.7 Å². The quantitative estimate of drug-likeness (QED) is 0.393. The summed E-state index contributed by atoms with van der Waals surface area (Å²) in [6.45, 7) is 12.2. The summed E-state index contributed by atoms with van der Waals surface area (Å²) in [5.74, 6) is 0.730. The zero-order valence-corrected chi connectivity index (χ0v) is 27.8. The van der Waals surface area contributed by atoms with Gasteiger partial charge < -0.3 is 20.1 Å². The number of hydrogen-bond donors (Lipinski definition) is 2. The minimum absolute atomic E-state index is 0. The van der Waals surface area contributed by atoms with E-state index in [2.05, 4.69) is 48.6 Å². The van der Waals surface area contributed by atoms with Crippen LogP contribution in [0.25, 0.3) is 0 Å². The Kier molecular flexibility index (Phi) is 10.3. The smallest absolute Gasteiger partial charge is 0.318 e. The summed E-state index contributed by atoms with van der Waals surface area (Å²) in [5.41, 5.74) is 4.99. The number of piperazine rings is 1. The van der Waals surface area contributed by atoms with E-state index in [-0.39, 0.29) is 26.4 Å². The number of pyridine rings is 1. The lowest BCUT2D eigenvalue weighted by Gasteiger charge is -2.44. The van der Waals surface area contributed by atoms with Gasteiger partial charge in [-0.2, -0.15) is 0 Å². The summed E-state index contributed by atoms with van der Waals surface area (Å²) < 4.78 is 2.97. The summed E-state index contributed by atoms with van der Waals surface area (Å²) in [5, 5.41) is 6.86. The fourth-order valence-electron chi connectivity index (χ4n) is 5.99. The van der Waals surface area contributed by atoms with Gasteiger partial charge >= 0.3 is 6.03 Å². The van der Waals surface area contributed by atoms with Crippen LogP contribution < -0.4 is 10.6 Å². The minimum Gasteiger partial charge on any atom is -0.352 e. The number of hydrogen-bond acceptors (Lipinski definition) is 5. The Hall–Kier alpha value is -2.89. The van der Waals surface area contributed by atoms with Gasteiger partial charge in [-0.25, -0.2) is 9.78 Å². The average molecular weight is 668 g/mol. The molecule has 3 amide bonds. The van der Waals surface area contributed by atoms with Gasteiger partial charge in [-0.1, -0.05) is 17.7 Å². The van der Waals surface area contributed by atoms with Crippen molar-refractivity contribution in [2.24, 2.45) is 0 Å². The molecule has 3 radical (unpaired) electrons. The van der Waals surface area contributed by atoms with Crippen LogP contribution in [-0.4, -0.2) is 82.4 Å². The number of imidazole rings is 1. The van der Waals surface area contributed by atoms with Crippen LogP contribution in [0.1, 0.15) is 60.7 Å². The van der Waals surface area contributed by atoms with E-state index >= 15 is 0 Å². The summed E-state index contributed by atoms with van der Waals surface area (Å²) in [4.78, 5) is 40.6. The van der Waals surface area contributed by atoms with E-state index in [0.29, 0.717) is 37.7 Å². The molecule has 5 rings (SSSR count). The van der Waals surface area contributed by atoms with Gasteiger partial charge in [-0.15, -0.1) is 0 Å². The van der Waals surface area contributed by atoms with Crippen LogP contribution in [-0.2, 0) is 24.2 Å². The fourth-order valence-corrected chi connectivity index (χ4v) is 6.57. The van der Waals surface area contributed by atoms with Crippen molar-refractivity contribution in [2.75, 3.05) is 26.2 Å². The largest absolute Gasteiger partial charge is 0.352 e. The van der Waals surface area contributed by atoms with Crippen molar-refractivity contribution < 1.29 is 9.59 Å². The molecule has 1 aliphatic carbocycles. The molecular weight excluding hydrogens is 629 g/mol. The van der Waals surface area contributed by atoms with Gasteiger partial charge in [-0.05, 0) is 98.3 Å². The van der Waals surface area contributed by atoms with Gasteiger partial charge in [0.2, 0.25) is 5.91 Å². The van der Waals surface area contributed by atoms with E-state index in [1.54, 1.807) is 4.90 Å². The number of nitrogens with one attached hydrogen (secondary N) is 2. The number of benzene rings is 1. The van der Waals surface area contributed by atoms with Gasteiger partial charge in [0.25, 0.3) is 0 Å². The lowest BCUT2D eigenvalue weighted by Crippen LogP contribution is -2.64. The Morgan fingerprint density at radius 1 is 1.12 bits per heavy atom. The first kappa shape index (κ1) is 33.0. The first-order valence-corrected chi connectivity index (χ1v) is 15.6. The standard InChI is InChI=1S/C31H39BrClN7O2.B/c1-19-17-38(20(2)36-19)11-10-34-29(41)26-18-39(12-13-40(26)30(42)37-31(3,4)5)28-25-9-8-24(33)15-21(25)6-7-22-14-23(32)16-35-27(22)28;/h8-9,14-17,26,28H,6-7,10-13,18H2,1-5H3,(H,34,41)(H,37,42);/t26-,28?;/m1./s1. The summed E-state index contributed by atoms with van der Waals surface area (Å²) >= 11 is 10.0. The molecule has 0 spiro atoms. The molecule has 0 bridgehead atoms. The molecule has 1 saturated heterocycles. The molecule has 3 aromatic rings.